The summed E-state index contributed by atoms with van der Waals surface area (Å²) in [6.07, 6.45) is 3.12. The van der Waals surface area contributed by atoms with Crippen LogP contribution in [0.3, 0.4) is 0 Å². The highest BCUT2D eigenvalue weighted by molar-refractivity contribution is 5.92. The van der Waals surface area contributed by atoms with Gasteiger partial charge in [0, 0.05) is 32.7 Å². The SMILES string of the molecule is CCN1CCN(C(=O)c2cnc(NC)cn2)CC1C. The second kappa shape index (κ2) is 5.97. The van der Waals surface area contributed by atoms with Gasteiger partial charge in [-0.1, -0.05) is 6.92 Å². The molecule has 1 unspecified atom stereocenters. The molecule has 0 spiro atoms. The van der Waals surface area contributed by atoms with Gasteiger partial charge in [-0.05, 0) is 13.5 Å². The van der Waals surface area contributed by atoms with Crippen molar-refractivity contribution in [3.63, 3.8) is 0 Å². The van der Waals surface area contributed by atoms with Gasteiger partial charge < -0.3 is 10.2 Å². The van der Waals surface area contributed by atoms with E-state index in [1.807, 2.05) is 4.90 Å². The fraction of sp³-hybridized carbons (Fsp3) is 0.615. The van der Waals surface area contributed by atoms with Crippen LogP contribution in [0.4, 0.5) is 5.82 Å². The van der Waals surface area contributed by atoms with E-state index < -0.39 is 0 Å². The molecule has 1 atom stereocenters. The Morgan fingerprint density at radius 1 is 1.42 bits per heavy atom. The fourth-order valence-electron chi connectivity index (χ4n) is 2.38. The van der Waals surface area contributed by atoms with E-state index in [0.29, 0.717) is 17.6 Å². The van der Waals surface area contributed by atoms with Crippen LogP contribution in [-0.2, 0) is 0 Å². The first-order chi connectivity index (χ1) is 9.15. The highest BCUT2D eigenvalue weighted by atomic mass is 16.2. The standard InChI is InChI=1S/C13H21N5O/c1-4-17-5-6-18(9-10(17)2)13(19)11-7-16-12(14-3)8-15-11/h7-8,10H,4-6,9H2,1-3H3,(H,14,16). The molecule has 1 fully saturated rings. The average Bonchev–Trinajstić information content (AvgIpc) is 2.46. The Balaban J connectivity index is 2.03. The summed E-state index contributed by atoms with van der Waals surface area (Å²) in [7, 11) is 1.77. The zero-order valence-corrected chi connectivity index (χ0v) is 11.8. The average molecular weight is 263 g/mol. The summed E-state index contributed by atoms with van der Waals surface area (Å²) in [6, 6.07) is 0.396. The van der Waals surface area contributed by atoms with Gasteiger partial charge in [0.25, 0.3) is 5.91 Å². The van der Waals surface area contributed by atoms with E-state index in [0.717, 1.165) is 26.2 Å². The second-order valence-electron chi connectivity index (χ2n) is 4.77. The van der Waals surface area contributed by atoms with Crippen LogP contribution in [0, 0.1) is 0 Å². The quantitative estimate of drug-likeness (QED) is 0.869. The number of amides is 1. The minimum atomic E-state index is -0.0299. The van der Waals surface area contributed by atoms with Crippen LogP contribution in [-0.4, -0.2) is 64.9 Å². The third-order valence-corrected chi connectivity index (χ3v) is 3.59. The molecule has 1 aromatic heterocycles. The molecule has 104 valence electrons. The van der Waals surface area contributed by atoms with Crippen molar-refractivity contribution < 1.29 is 4.79 Å². The first-order valence-electron chi connectivity index (χ1n) is 6.68. The van der Waals surface area contributed by atoms with Crippen molar-refractivity contribution in [2.24, 2.45) is 0 Å². The van der Waals surface area contributed by atoms with Crippen molar-refractivity contribution in [1.82, 2.24) is 19.8 Å². The summed E-state index contributed by atoms with van der Waals surface area (Å²) in [5.41, 5.74) is 0.413. The van der Waals surface area contributed by atoms with Gasteiger partial charge >= 0.3 is 0 Å². The lowest BCUT2D eigenvalue weighted by Crippen LogP contribution is -2.53. The van der Waals surface area contributed by atoms with Crippen molar-refractivity contribution >= 4 is 11.7 Å². The smallest absolute Gasteiger partial charge is 0.274 e. The van der Waals surface area contributed by atoms with Gasteiger partial charge in [-0.25, -0.2) is 9.97 Å². The lowest BCUT2D eigenvalue weighted by Gasteiger charge is -2.39. The van der Waals surface area contributed by atoms with Crippen molar-refractivity contribution in [3.05, 3.63) is 18.1 Å². The molecule has 6 nitrogen and oxygen atoms in total. The number of aromatic nitrogens is 2. The van der Waals surface area contributed by atoms with Gasteiger partial charge in [0.05, 0.1) is 12.4 Å². The van der Waals surface area contributed by atoms with Crippen molar-refractivity contribution in [1.29, 1.82) is 0 Å². The number of anilines is 1. The Labute approximate surface area is 113 Å². The predicted octanol–water partition coefficient (Wildman–Crippen LogP) is 0.684. The molecule has 0 bridgehead atoms. The van der Waals surface area contributed by atoms with Crippen LogP contribution in [0.25, 0.3) is 0 Å². The number of rotatable bonds is 3. The summed E-state index contributed by atoms with van der Waals surface area (Å²) in [5, 5.41) is 2.89. The van der Waals surface area contributed by atoms with Crippen LogP contribution >= 0.6 is 0 Å². The zero-order valence-electron chi connectivity index (χ0n) is 11.8. The van der Waals surface area contributed by atoms with E-state index in [9.17, 15) is 4.79 Å². The van der Waals surface area contributed by atoms with Crippen LogP contribution in [0.1, 0.15) is 24.3 Å². The largest absolute Gasteiger partial charge is 0.372 e. The van der Waals surface area contributed by atoms with E-state index in [-0.39, 0.29) is 5.91 Å². The Morgan fingerprint density at radius 3 is 2.74 bits per heavy atom. The van der Waals surface area contributed by atoms with Crippen LogP contribution in [0.15, 0.2) is 12.4 Å². The topological polar surface area (TPSA) is 61.4 Å². The van der Waals surface area contributed by atoms with E-state index in [4.69, 9.17) is 0 Å². The molecule has 2 heterocycles. The van der Waals surface area contributed by atoms with Crippen LogP contribution in [0.2, 0.25) is 0 Å². The summed E-state index contributed by atoms with van der Waals surface area (Å²) in [4.78, 5) is 24.9. The van der Waals surface area contributed by atoms with E-state index in [2.05, 4.69) is 34.0 Å². The molecule has 1 saturated heterocycles. The molecule has 0 aliphatic carbocycles. The number of likely N-dealkylation sites (N-methyl/N-ethyl adjacent to an activating group) is 1. The molecule has 6 heteroatoms. The molecule has 1 aromatic rings. The minimum Gasteiger partial charge on any atom is -0.372 e. The molecule has 19 heavy (non-hydrogen) atoms. The highest BCUT2D eigenvalue weighted by Crippen LogP contribution is 2.12. The summed E-state index contributed by atoms with van der Waals surface area (Å²) >= 11 is 0. The first kappa shape index (κ1) is 13.7. The molecule has 2 rings (SSSR count). The summed E-state index contributed by atoms with van der Waals surface area (Å²) in [6.45, 7) is 7.76. The molecule has 0 saturated carbocycles. The Bertz CT molecular complexity index is 433. The highest BCUT2D eigenvalue weighted by Gasteiger charge is 2.26. The number of carbonyl (C=O) groups excluding carboxylic acids is 1. The van der Waals surface area contributed by atoms with Gasteiger partial charge in [0.1, 0.15) is 11.5 Å². The molecular weight excluding hydrogens is 242 g/mol. The molecule has 0 aromatic carbocycles. The van der Waals surface area contributed by atoms with Crippen LogP contribution in [0.5, 0.6) is 0 Å². The molecule has 1 N–H and O–H groups in total. The Morgan fingerprint density at radius 2 is 2.21 bits per heavy atom. The summed E-state index contributed by atoms with van der Waals surface area (Å²) < 4.78 is 0. The number of hydrogen-bond acceptors (Lipinski definition) is 5. The maximum absolute atomic E-state index is 12.3. The third kappa shape index (κ3) is 3.01. The maximum Gasteiger partial charge on any atom is 0.274 e. The minimum absolute atomic E-state index is 0.0299. The van der Waals surface area contributed by atoms with Gasteiger partial charge in [0.2, 0.25) is 0 Å². The van der Waals surface area contributed by atoms with Gasteiger partial charge in [0.15, 0.2) is 0 Å². The monoisotopic (exact) mass is 263 g/mol. The van der Waals surface area contributed by atoms with E-state index >= 15 is 0 Å². The number of hydrogen-bond donors (Lipinski definition) is 1. The summed E-state index contributed by atoms with van der Waals surface area (Å²) in [5.74, 6) is 0.637. The number of nitrogens with one attached hydrogen (secondary N) is 1. The molecular formula is C13H21N5O. The van der Waals surface area contributed by atoms with Gasteiger partial charge in [-0.15, -0.1) is 0 Å². The lowest BCUT2D eigenvalue weighted by molar-refractivity contribution is 0.0522. The number of nitrogens with zero attached hydrogens (tertiary/aromatic N) is 4. The first-order valence-corrected chi connectivity index (χ1v) is 6.68. The maximum atomic E-state index is 12.3. The number of piperazine rings is 1. The van der Waals surface area contributed by atoms with Crippen molar-refractivity contribution in [3.8, 4) is 0 Å². The zero-order chi connectivity index (χ0) is 13.8. The predicted molar refractivity (Wildman–Crippen MR) is 74.2 cm³/mol. The van der Waals surface area contributed by atoms with Crippen molar-refractivity contribution in [2.45, 2.75) is 19.9 Å². The second-order valence-corrected chi connectivity index (χ2v) is 4.77. The van der Waals surface area contributed by atoms with E-state index in [1.165, 1.54) is 6.20 Å². The van der Waals surface area contributed by atoms with Gasteiger partial charge in [-0.3, -0.25) is 9.69 Å². The molecule has 1 aliphatic heterocycles. The molecule has 0 radical (unpaired) electrons. The van der Waals surface area contributed by atoms with Crippen molar-refractivity contribution in [2.75, 3.05) is 38.5 Å². The van der Waals surface area contributed by atoms with Crippen LogP contribution < -0.4 is 5.32 Å². The number of carbonyl (C=O) groups is 1. The van der Waals surface area contributed by atoms with E-state index in [1.54, 1.807) is 13.2 Å². The molecule has 1 aliphatic rings. The molecule has 1 amide bonds. The van der Waals surface area contributed by atoms with Gasteiger partial charge in [-0.2, -0.15) is 0 Å². The normalized spacial score (nSPS) is 20.4. The third-order valence-electron chi connectivity index (χ3n) is 3.59. The lowest BCUT2D eigenvalue weighted by atomic mass is 10.2. The Hall–Kier alpha value is -1.69. The fourth-order valence-corrected chi connectivity index (χ4v) is 2.38. The Kier molecular flexibility index (Phi) is 4.31.